The van der Waals surface area contributed by atoms with Gasteiger partial charge in [0.2, 0.25) is 11.7 Å². The van der Waals surface area contributed by atoms with Gasteiger partial charge in [-0.2, -0.15) is 4.98 Å². The maximum atomic E-state index is 12.0. The zero-order valence-corrected chi connectivity index (χ0v) is 15.8. The van der Waals surface area contributed by atoms with Gasteiger partial charge >= 0.3 is 12.1 Å². The molecule has 0 atom stereocenters. The second-order valence-electron chi connectivity index (χ2n) is 5.89. The molecule has 0 bridgehead atoms. The summed E-state index contributed by atoms with van der Waals surface area (Å²) >= 11 is 2.70. The van der Waals surface area contributed by atoms with Crippen LogP contribution in [-0.4, -0.2) is 44.2 Å². The van der Waals surface area contributed by atoms with Crippen molar-refractivity contribution in [2.24, 2.45) is 0 Å². The Morgan fingerprint density at radius 1 is 1.36 bits per heavy atom. The van der Waals surface area contributed by atoms with E-state index in [1.54, 1.807) is 20.8 Å². The number of aryl methyl sites for hydroxylation is 1. The lowest BCUT2D eigenvalue weighted by atomic mass is 10.2. The molecule has 0 aliphatic carbocycles. The number of hydrogen-bond donors (Lipinski definition) is 2. The van der Waals surface area contributed by atoms with Crippen LogP contribution in [0.2, 0.25) is 0 Å². The Morgan fingerprint density at radius 2 is 2.08 bits per heavy atom. The van der Waals surface area contributed by atoms with Crippen LogP contribution in [0.1, 0.15) is 33.1 Å². The maximum Gasteiger partial charge on any atom is 0.413 e. The highest BCUT2D eigenvalue weighted by Gasteiger charge is 2.23. The standard InChI is InChI=1S/C14H18N4O5S2/c1-14(2,3)22-12(21)16-10-9(25-13(17-10)24-4)11-15-7(23-18-11)5-6-8(19)20/h5-6H2,1-4H3,(H,16,21)(H,19,20). The van der Waals surface area contributed by atoms with Gasteiger partial charge in [-0.3, -0.25) is 10.1 Å². The number of aromatic nitrogens is 3. The fourth-order valence-electron chi connectivity index (χ4n) is 1.69. The van der Waals surface area contributed by atoms with Crippen molar-refractivity contribution in [1.29, 1.82) is 0 Å². The van der Waals surface area contributed by atoms with E-state index in [2.05, 4.69) is 20.4 Å². The van der Waals surface area contributed by atoms with Gasteiger partial charge in [0.1, 0.15) is 10.5 Å². The zero-order valence-electron chi connectivity index (χ0n) is 14.2. The van der Waals surface area contributed by atoms with Crippen molar-refractivity contribution in [3.63, 3.8) is 0 Å². The van der Waals surface area contributed by atoms with Gasteiger partial charge in [-0.05, 0) is 27.0 Å². The number of thioether (sulfide) groups is 1. The van der Waals surface area contributed by atoms with Crippen LogP contribution in [0.4, 0.5) is 10.6 Å². The fraction of sp³-hybridized carbons (Fsp3) is 0.500. The van der Waals surface area contributed by atoms with E-state index in [1.807, 2.05) is 6.26 Å². The summed E-state index contributed by atoms with van der Waals surface area (Å²) in [6.45, 7) is 5.28. The predicted octanol–water partition coefficient (Wildman–Crippen LogP) is 3.28. The summed E-state index contributed by atoms with van der Waals surface area (Å²) in [5.74, 6) is -0.229. The number of thiazole rings is 1. The third-order valence-corrected chi connectivity index (χ3v) is 4.66. The SMILES string of the molecule is CSc1nc(NC(=O)OC(C)(C)C)c(-c2noc(CCC(=O)O)n2)s1. The number of amides is 1. The van der Waals surface area contributed by atoms with E-state index in [9.17, 15) is 9.59 Å². The third kappa shape index (κ3) is 5.71. The van der Waals surface area contributed by atoms with Crippen LogP contribution < -0.4 is 5.32 Å². The first kappa shape index (κ1) is 19.2. The van der Waals surface area contributed by atoms with Gasteiger partial charge in [0.15, 0.2) is 10.2 Å². The topological polar surface area (TPSA) is 127 Å². The summed E-state index contributed by atoms with van der Waals surface area (Å²) in [4.78, 5) is 31.6. The molecule has 11 heteroatoms. The Morgan fingerprint density at radius 3 is 2.68 bits per heavy atom. The molecular weight excluding hydrogens is 368 g/mol. The van der Waals surface area contributed by atoms with Crippen molar-refractivity contribution in [3.05, 3.63) is 5.89 Å². The molecule has 0 saturated heterocycles. The number of hydrogen-bond acceptors (Lipinski definition) is 9. The predicted molar refractivity (Wildman–Crippen MR) is 93.0 cm³/mol. The average molecular weight is 386 g/mol. The van der Waals surface area contributed by atoms with Gasteiger partial charge in [-0.25, -0.2) is 9.78 Å². The van der Waals surface area contributed by atoms with Crippen LogP contribution in [0.25, 0.3) is 10.7 Å². The second-order valence-corrected chi connectivity index (χ2v) is 7.95. The molecule has 2 N–H and O–H groups in total. The molecule has 0 aromatic carbocycles. The number of carboxylic acid groups (broad SMARTS) is 1. The van der Waals surface area contributed by atoms with Crippen molar-refractivity contribution < 1.29 is 24.0 Å². The number of carboxylic acids is 1. The van der Waals surface area contributed by atoms with Crippen LogP contribution in [0.3, 0.4) is 0 Å². The third-order valence-electron chi connectivity index (χ3n) is 2.63. The van der Waals surface area contributed by atoms with E-state index >= 15 is 0 Å². The summed E-state index contributed by atoms with van der Waals surface area (Å²) in [6.07, 6.45) is 1.24. The highest BCUT2D eigenvalue weighted by atomic mass is 32.2. The molecule has 0 radical (unpaired) electrons. The highest BCUT2D eigenvalue weighted by Crippen LogP contribution is 2.36. The van der Waals surface area contributed by atoms with Gasteiger partial charge < -0.3 is 14.4 Å². The largest absolute Gasteiger partial charge is 0.481 e. The quantitative estimate of drug-likeness (QED) is 0.719. The molecule has 25 heavy (non-hydrogen) atoms. The van der Waals surface area contributed by atoms with Gasteiger partial charge in [0, 0.05) is 6.42 Å². The fourth-order valence-corrected chi connectivity index (χ4v) is 3.13. The molecule has 0 fully saturated rings. The van der Waals surface area contributed by atoms with Crippen LogP contribution in [-0.2, 0) is 16.0 Å². The first-order valence-corrected chi connectivity index (χ1v) is 9.31. The molecule has 9 nitrogen and oxygen atoms in total. The average Bonchev–Trinajstić information content (AvgIpc) is 3.09. The summed E-state index contributed by atoms with van der Waals surface area (Å²) in [5, 5.41) is 15.1. The number of anilines is 1. The monoisotopic (exact) mass is 386 g/mol. The van der Waals surface area contributed by atoms with E-state index in [4.69, 9.17) is 14.4 Å². The van der Waals surface area contributed by atoms with Gasteiger partial charge in [-0.15, -0.1) is 11.3 Å². The molecule has 2 aromatic heterocycles. The lowest BCUT2D eigenvalue weighted by Gasteiger charge is -2.19. The number of carbonyl (C=O) groups is 2. The van der Waals surface area contributed by atoms with E-state index in [0.29, 0.717) is 9.22 Å². The van der Waals surface area contributed by atoms with Crippen molar-refractivity contribution in [1.82, 2.24) is 15.1 Å². The molecule has 0 saturated carbocycles. The Labute approximate surface area is 152 Å². The number of nitrogens with zero attached hydrogens (tertiary/aromatic N) is 3. The molecule has 1 amide bonds. The first-order valence-electron chi connectivity index (χ1n) is 7.27. The molecule has 0 aliphatic rings. The van der Waals surface area contributed by atoms with Crippen molar-refractivity contribution in [3.8, 4) is 10.7 Å². The minimum atomic E-state index is -0.950. The lowest BCUT2D eigenvalue weighted by molar-refractivity contribution is -0.137. The first-order chi connectivity index (χ1) is 11.7. The highest BCUT2D eigenvalue weighted by molar-refractivity contribution is 8.00. The Balaban J connectivity index is 2.21. The summed E-state index contributed by atoms with van der Waals surface area (Å²) in [6, 6.07) is 0. The van der Waals surface area contributed by atoms with E-state index in [0.717, 1.165) is 0 Å². The van der Waals surface area contributed by atoms with Crippen molar-refractivity contribution in [2.75, 3.05) is 11.6 Å². The zero-order chi connectivity index (χ0) is 18.6. The minimum absolute atomic E-state index is 0.108. The van der Waals surface area contributed by atoms with Crippen molar-refractivity contribution in [2.45, 2.75) is 43.6 Å². The maximum absolute atomic E-state index is 12.0. The summed E-state index contributed by atoms with van der Waals surface area (Å²) in [5.41, 5.74) is -0.640. The molecule has 2 aromatic rings. The summed E-state index contributed by atoms with van der Waals surface area (Å²) in [7, 11) is 0. The van der Waals surface area contributed by atoms with Gasteiger partial charge in [-0.1, -0.05) is 16.9 Å². The Bertz CT molecular complexity index is 766. The Kier molecular flexibility index (Phi) is 6.01. The van der Waals surface area contributed by atoms with Gasteiger partial charge in [0.05, 0.1) is 6.42 Å². The lowest BCUT2D eigenvalue weighted by Crippen LogP contribution is -2.27. The molecule has 0 aliphatic heterocycles. The molecule has 2 rings (SSSR count). The molecule has 2 heterocycles. The van der Waals surface area contributed by atoms with Crippen LogP contribution >= 0.6 is 23.1 Å². The van der Waals surface area contributed by atoms with Crippen molar-refractivity contribution >= 4 is 41.0 Å². The number of carbonyl (C=O) groups excluding carboxylic acids is 1. The van der Waals surface area contributed by atoms with E-state index in [1.165, 1.54) is 23.1 Å². The number of ether oxygens (including phenoxy) is 1. The van der Waals surface area contributed by atoms with Crippen LogP contribution in [0.15, 0.2) is 8.86 Å². The molecule has 0 unspecified atom stereocenters. The van der Waals surface area contributed by atoms with E-state index in [-0.39, 0.29) is 30.4 Å². The van der Waals surface area contributed by atoms with E-state index < -0.39 is 17.7 Å². The minimum Gasteiger partial charge on any atom is -0.481 e. The van der Waals surface area contributed by atoms with Crippen LogP contribution in [0, 0.1) is 0 Å². The Hall–Kier alpha value is -2.14. The normalized spacial score (nSPS) is 11.4. The smallest absolute Gasteiger partial charge is 0.413 e. The summed E-state index contributed by atoms with van der Waals surface area (Å²) < 4.78 is 11.0. The molecular formula is C14H18N4O5S2. The molecule has 0 spiro atoms. The number of aliphatic carboxylic acids is 1. The second kappa shape index (κ2) is 7.83. The molecule has 136 valence electrons. The van der Waals surface area contributed by atoms with Gasteiger partial charge in [0.25, 0.3) is 0 Å². The number of nitrogens with one attached hydrogen (secondary N) is 1. The van der Waals surface area contributed by atoms with Crippen LogP contribution in [0.5, 0.6) is 0 Å². The number of rotatable bonds is 6.